The first-order valence-corrected chi connectivity index (χ1v) is 11.4. The highest BCUT2D eigenvalue weighted by Crippen LogP contribution is 2.25. The number of pyridine rings is 1. The zero-order valence-corrected chi connectivity index (χ0v) is 21.0. The number of aromatic nitrogens is 1. The molecule has 1 atom stereocenters. The van der Waals surface area contributed by atoms with Gasteiger partial charge in [0.2, 0.25) is 0 Å². The summed E-state index contributed by atoms with van der Waals surface area (Å²) in [6, 6.07) is 15.1. The molecule has 0 radical (unpaired) electrons. The maximum Gasteiger partial charge on any atom is 0.270 e. The van der Waals surface area contributed by atoms with Gasteiger partial charge < -0.3 is 14.8 Å². The molecular formula is C24H26ClIN2O3. The molecule has 31 heavy (non-hydrogen) atoms. The number of nitrogens with zero attached hydrogens (tertiary/aromatic N) is 1. The number of halogens is 2. The molecule has 1 aromatic heterocycles. The number of amides is 1. The van der Waals surface area contributed by atoms with Gasteiger partial charge in [0.25, 0.3) is 5.91 Å². The Hall–Kier alpha value is -1.90. The summed E-state index contributed by atoms with van der Waals surface area (Å²) < 4.78 is 12.3. The van der Waals surface area contributed by atoms with Crippen LogP contribution in [0.1, 0.15) is 36.8 Å². The van der Waals surface area contributed by atoms with E-state index in [9.17, 15) is 4.79 Å². The smallest absolute Gasteiger partial charge is 0.270 e. The fraction of sp³-hybridized carbons (Fsp3) is 0.333. The SMILES string of the molecule is COC[C@H](Cc1ccc(OC(C)(C)C)cc1)NC(=O)c1cc(Cl)c2cc(I)ccc2n1. The van der Waals surface area contributed by atoms with Gasteiger partial charge in [-0.25, -0.2) is 4.98 Å². The number of hydrogen-bond acceptors (Lipinski definition) is 4. The predicted molar refractivity (Wildman–Crippen MR) is 133 cm³/mol. The van der Waals surface area contributed by atoms with E-state index in [1.54, 1.807) is 13.2 Å². The van der Waals surface area contributed by atoms with Crippen molar-refractivity contribution in [2.24, 2.45) is 0 Å². The van der Waals surface area contributed by atoms with E-state index in [0.29, 0.717) is 23.6 Å². The third kappa shape index (κ3) is 6.79. The fourth-order valence-corrected chi connectivity index (χ4v) is 3.96. The van der Waals surface area contributed by atoms with Crippen molar-refractivity contribution >= 4 is 51.0 Å². The van der Waals surface area contributed by atoms with Gasteiger partial charge in [-0.15, -0.1) is 0 Å². The zero-order chi connectivity index (χ0) is 22.6. The summed E-state index contributed by atoms with van der Waals surface area (Å²) in [4.78, 5) is 17.4. The van der Waals surface area contributed by atoms with Gasteiger partial charge in [0, 0.05) is 16.1 Å². The van der Waals surface area contributed by atoms with Gasteiger partial charge >= 0.3 is 0 Å². The number of hydrogen-bond donors (Lipinski definition) is 1. The van der Waals surface area contributed by atoms with Crippen molar-refractivity contribution in [2.45, 2.75) is 38.8 Å². The molecule has 5 nitrogen and oxygen atoms in total. The van der Waals surface area contributed by atoms with Crippen molar-refractivity contribution in [1.29, 1.82) is 0 Å². The Morgan fingerprint density at radius 1 is 1.16 bits per heavy atom. The average molecular weight is 553 g/mol. The van der Waals surface area contributed by atoms with Crippen LogP contribution in [0.2, 0.25) is 5.02 Å². The van der Waals surface area contributed by atoms with Crippen LogP contribution in [0.25, 0.3) is 10.9 Å². The molecule has 0 aliphatic rings. The number of benzene rings is 2. The van der Waals surface area contributed by atoms with Crippen molar-refractivity contribution in [2.75, 3.05) is 13.7 Å². The molecule has 0 saturated carbocycles. The normalized spacial score (nSPS) is 12.6. The first-order chi connectivity index (χ1) is 14.6. The maximum absolute atomic E-state index is 12.9. The Kier molecular flexibility index (Phi) is 7.78. The number of ether oxygens (including phenoxy) is 2. The molecule has 1 heterocycles. The summed E-state index contributed by atoms with van der Waals surface area (Å²) in [5.41, 5.74) is 1.80. The molecule has 0 fully saturated rings. The van der Waals surface area contributed by atoms with Crippen LogP contribution in [-0.4, -0.2) is 36.3 Å². The summed E-state index contributed by atoms with van der Waals surface area (Å²) in [6.45, 7) is 6.42. The first-order valence-electron chi connectivity index (χ1n) is 9.98. The highest BCUT2D eigenvalue weighted by atomic mass is 127. The lowest BCUT2D eigenvalue weighted by molar-refractivity contribution is 0.0892. The first kappa shape index (κ1) is 23.8. The second kappa shape index (κ2) is 10.1. The van der Waals surface area contributed by atoms with Crippen LogP contribution >= 0.6 is 34.2 Å². The average Bonchev–Trinajstić information content (AvgIpc) is 2.69. The van der Waals surface area contributed by atoms with E-state index in [0.717, 1.165) is 20.3 Å². The zero-order valence-electron chi connectivity index (χ0n) is 18.0. The van der Waals surface area contributed by atoms with Crippen molar-refractivity contribution in [1.82, 2.24) is 10.3 Å². The van der Waals surface area contributed by atoms with Gasteiger partial charge in [-0.1, -0.05) is 23.7 Å². The highest BCUT2D eigenvalue weighted by Gasteiger charge is 2.18. The second-order valence-electron chi connectivity index (χ2n) is 8.34. The molecule has 1 N–H and O–H groups in total. The number of carbonyl (C=O) groups is 1. The van der Waals surface area contributed by atoms with Crippen LogP contribution in [0.4, 0.5) is 0 Å². The topological polar surface area (TPSA) is 60.5 Å². The van der Waals surface area contributed by atoms with Crippen LogP contribution in [0.3, 0.4) is 0 Å². The fourth-order valence-electron chi connectivity index (χ4n) is 3.22. The van der Waals surface area contributed by atoms with Crippen molar-refractivity contribution in [3.05, 3.63) is 68.4 Å². The van der Waals surface area contributed by atoms with E-state index in [-0.39, 0.29) is 23.2 Å². The van der Waals surface area contributed by atoms with E-state index >= 15 is 0 Å². The highest BCUT2D eigenvalue weighted by molar-refractivity contribution is 14.1. The molecule has 3 aromatic rings. The standard InChI is InChI=1S/C24H26ClIN2O3/c1-24(2,3)31-18-8-5-15(6-9-18)11-17(14-30-4)27-23(29)22-13-20(25)19-12-16(26)7-10-21(19)28-22/h5-10,12-13,17H,11,14H2,1-4H3,(H,27,29)/t17-/m0/s1. The van der Waals surface area contributed by atoms with Crippen LogP contribution in [0.5, 0.6) is 5.75 Å². The van der Waals surface area contributed by atoms with Crippen molar-refractivity contribution in [3.8, 4) is 5.75 Å². The molecule has 0 saturated heterocycles. The number of carbonyl (C=O) groups excluding carboxylic acids is 1. The number of rotatable bonds is 7. The lowest BCUT2D eigenvalue weighted by Gasteiger charge is -2.22. The molecule has 3 rings (SSSR count). The minimum Gasteiger partial charge on any atom is -0.488 e. The van der Waals surface area contributed by atoms with E-state index < -0.39 is 0 Å². The minimum absolute atomic E-state index is 0.208. The van der Waals surface area contributed by atoms with Gasteiger partial charge in [0.05, 0.1) is 23.2 Å². The van der Waals surface area contributed by atoms with Crippen LogP contribution in [0, 0.1) is 3.57 Å². The van der Waals surface area contributed by atoms with E-state index in [2.05, 4.69) is 32.9 Å². The van der Waals surface area contributed by atoms with Crippen molar-refractivity contribution in [3.63, 3.8) is 0 Å². The Morgan fingerprint density at radius 2 is 1.87 bits per heavy atom. The summed E-state index contributed by atoms with van der Waals surface area (Å²) in [5.74, 6) is 0.533. The quantitative estimate of drug-likeness (QED) is 0.385. The molecule has 0 unspecified atom stereocenters. The van der Waals surface area contributed by atoms with Crippen LogP contribution < -0.4 is 10.1 Å². The van der Waals surface area contributed by atoms with Crippen molar-refractivity contribution < 1.29 is 14.3 Å². The summed E-state index contributed by atoms with van der Waals surface area (Å²) in [5, 5.41) is 4.36. The predicted octanol–water partition coefficient (Wildman–Crippen LogP) is 5.66. The summed E-state index contributed by atoms with van der Waals surface area (Å²) in [6.07, 6.45) is 0.620. The Balaban J connectivity index is 1.73. The monoisotopic (exact) mass is 552 g/mol. The van der Waals surface area contributed by atoms with Crippen LogP contribution in [0.15, 0.2) is 48.5 Å². The largest absolute Gasteiger partial charge is 0.488 e. The second-order valence-corrected chi connectivity index (χ2v) is 9.99. The van der Waals surface area contributed by atoms with Gasteiger partial charge in [0.1, 0.15) is 17.0 Å². The molecule has 2 aromatic carbocycles. The van der Waals surface area contributed by atoms with Gasteiger partial charge in [-0.05, 0) is 91.7 Å². The third-order valence-corrected chi connectivity index (χ3v) is 5.47. The van der Waals surface area contributed by atoms with E-state index in [1.807, 2.05) is 63.2 Å². The van der Waals surface area contributed by atoms with E-state index in [4.69, 9.17) is 21.1 Å². The molecule has 0 aliphatic heterocycles. The lowest BCUT2D eigenvalue weighted by atomic mass is 10.1. The molecule has 1 amide bonds. The molecule has 164 valence electrons. The van der Waals surface area contributed by atoms with Gasteiger partial charge in [-0.3, -0.25) is 4.79 Å². The lowest BCUT2D eigenvalue weighted by Crippen LogP contribution is -2.40. The van der Waals surface area contributed by atoms with E-state index in [1.165, 1.54) is 0 Å². The number of methoxy groups -OCH3 is 1. The van der Waals surface area contributed by atoms with Crippen LogP contribution in [-0.2, 0) is 11.2 Å². The Bertz CT molecular complexity index is 1060. The molecule has 7 heteroatoms. The Labute approximate surface area is 201 Å². The minimum atomic E-state index is -0.280. The van der Waals surface area contributed by atoms with Gasteiger partial charge in [-0.2, -0.15) is 0 Å². The summed E-state index contributed by atoms with van der Waals surface area (Å²) >= 11 is 8.63. The molecule has 0 spiro atoms. The third-order valence-electron chi connectivity index (χ3n) is 4.49. The molecular weight excluding hydrogens is 527 g/mol. The summed E-state index contributed by atoms with van der Waals surface area (Å²) in [7, 11) is 1.62. The number of nitrogens with one attached hydrogen (secondary N) is 1. The molecule has 0 aliphatic carbocycles. The number of fused-ring (bicyclic) bond motifs is 1. The Morgan fingerprint density at radius 3 is 2.52 bits per heavy atom. The van der Waals surface area contributed by atoms with Gasteiger partial charge in [0.15, 0.2) is 0 Å². The maximum atomic E-state index is 12.9. The molecule has 0 bridgehead atoms.